The molecule has 19 heavy (non-hydrogen) atoms. The van der Waals surface area contributed by atoms with Crippen molar-refractivity contribution < 1.29 is 9.34 Å². The molecule has 2 aromatic rings. The number of benzene rings is 1. The Morgan fingerprint density at radius 2 is 2.21 bits per heavy atom. The third kappa shape index (κ3) is 1.66. The van der Waals surface area contributed by atoms with E-state index in [2.05, 4.69) is 15.6 Å². The zero-order valence-electron chi connectivity index (χ0n) is 10.00. The van der Waals surface area contributed by atoms with Crippen LogP contribution in [0.3, 0.4) is 0 Å². The van der Waals surface area contributed by atoms with Crippen molar-refractivity contribution in [3.63, 3.8) is 0 Å². The molecule has 1 aliphatic carbocycles. The fourth-order valence-corrected chi connectivity index (χ4v) is 2.86. The summed E-state index contributed by atoms with van der Waals surface area (Å²) < 4.78 is 5.53. The van der Waals surface area contributed by atoms with Gasteiger partial charge in [-0.25, -0.2) is 0 Å². The van der Waals surface area contributed by atoms with E-state index < -0.39 is 4.92 Å². The summed E-state index contributed by atoms with van der Waals surface area (Å²) in [7, 11) is 0. The van der Waals surface area contributed by atoms with Crippen molar-refractivity contribution >= 4 is 22.8 Å². The second-order valence-electron chi connectivity index (χ2n) is 5.08. The highest BCUT2D eigenvalue weighted by Gasteiger charge is 2.53. The van der Waals surface area contributed by atoms with Crippen molar-refractivity contribution in [2.24, 2.45) is 11.8 Å². The first-order valence-electron chi connectivity index (χ1n) is 6.24. The van der Waals surface area contributed by atoms with E-state index in [1.807, 2.05) is 0 Å². The van der Waals surface area contributed by atoms with E-state index in [-0.39, 0.29) is 5.69 Å². The van der Waals surface area contributed by atoms with Crippen LogP contribution in [0.1, 0.15) is 0 Å². The van der Waals surface area contributed by atoms with Gasteiger partial charge in [0.1, 0.15) is 5.52 Å². The van der Waals surface area contributed by atoms with Crippen LogP contribution >= 0.6 is 0 Å². The third-order valence-corrected chi connectivity index (χ3v) is 3.96. The molecule has 98 valence electrons. The number of nitrogens with one attached hydrogen (secondary N) is 2. The molecule has 7 heteroatoms. The smallest absolute Gasteiger partial charge is 0.295 e. The van der Waals surface area contributed by atoms with Gasteiger partial charge in [0.25, 0.3) is 11.7 Å². The van der Waals surface area contributed by atoms with Gasteiger partial charge in [0.15, 0.2) is 5.58 Å². The summed E-state index contributed by atoms with van der Waals surface area (Å²) in [6, 6.07) is 5.32. The minimum atomic E-state index is -0.438. The molecule has 1 saturated heterocycles. The van der Waals surface area contributed by atoms with Gasteiger partial charge in [-0.15, -0.1) is 0 Å². The molecule has 0 spiro atoms. The standard InChI is InChI=1S/C12H12N4O3/c17-16(18)6-1-2-9-10(3-6)19-12(14-9)15-11-7-4-13-5-8(7)11/h1-3,7-8,11,13H,4-5H2,(H,14,15). The van der Waals surface area contributed by atoms with Crippen molar-refractivity contribution in [3.8, 4) is 0 Å². The molecule has 2 atom stereocenters. The average Bonchev–Trinajstić information content (AvgIpc) is 2.82. The van der Waals surface area contributed by atoms with Gasteiger partial charge in [-0.05, 0) is 17.9 Å². The number of non-ortho nitro benzene ring substituents is 1. The number of hydrogen-bond donors (Lipinski definition) is 2. The van der Waals surface area contributed by atoms with Crippen LogP contribution in [0.4, 0.5) is 11.7 Å². The summed E-state index contributed by atoms with van der Waals surface area (Å²) in [6.45, 7) is 2.07. The molecule has 0 bridgehead atoms. The quantitative estimate of drug-likeness (QED) is 0.639. The van der Waals surface area contributed by atoms with Crippen molar-refractivity contribution in [2.75, 3.05) is 18.4 Å². The van der Waals surface area contributed by atoms with E-state index >= 15 is 0 Å². The molecule has 2 N–H and O–H groups in total. The maximum Gasteiger partial charge on any atom is 0.295 e. The molecular weight excluding hydrogens is 248 g/mol. The zero-order valence-corrected chi connectivity index (χ0v) is 10.00. The first-order valence-corrected chi connectivity index (χ1v) is 6.24. The predicted molar refractivity (Wildman–Crippen MR) is 67.9 cm³/mol. The summed E-state index contributed by atoms with van der Waals surface area (Å²) in [4.78, 5) is 14.6. The van der Waals surface area contributed by atoms with Crippen LogP contribution in [0.25, 0.3) is 11.1 Å². The van der Waals surface area contributed by atoms with Gasteiger partial charge in [-0.2, -0.15) is 4.98 Å². The van der Waals surface area contributed by atoms with Gasteiger partial charge in [0, 0.05) is 25.2 Å². The Balaban J connectivity index is 1.59. The van der Waals surface area contributed by atoms with Gasteiger partial charge in [0.05, 0.1) is 11.0 Å². The molecule has 0 amide bonds. The predicted octanol–water partition coefficient (Wildman–Crippen LogP) is 1.37. The number of anilines is 1. The number of rotatable bonds is 3. The normalized spacial score (nSPS) is 28.3. The fourth-order valence-electron chi connectivity index (χ4n) is 2.86. The van der Waals surface area contributed by atoms with Crippen LogP contribution in [-0.2, 0) is 0 Å². The Bertz CT molecular complexity index is 658. The van der Waals surface area contributed by atoms with Crippen molar-refractivity contribution in [1.29, 1.82) is 0 Å². The number of piperidine rings is 1. The van der Waals surface area contributed by atoms with Gasteiger partial charge in [-0.1, -0.05) is 0 Å². The van der Waals surface area contributed by atoms with Gasteiger partial charge in [0.2, 0.25) is 0 Å². The Labute approximate surface area is 108 Å². The molecule has 0 radical (unpaired) electrons. The van der Waals surface area contributed by atoms with Crippen LogP contribution in [0, 0.1) is 22.0 Å². The van der Waals surface area contributed by atoms with Crippen LogP contribution in [0.5, 0.6) is 0 Å². The Morgan fingerprint density at radius 1 is 1.42 bits per heavy atom. The molecule has 2 unspecified atom stereocenters. The van der Waals surface area contributed by atoms with Crippen molar-refractivity contribution in [1.82, 2.24) is 10.3 Å². The molecule has 2 aliphatic rings. The fraction of sp³-hybridized carbons (Fsp3) is 0.417. The Hall–Kier alpha value is -2.15. The summed E-state index contributed by atoms with van der Waals surface area (Å²) >= 11 is 0. The number of nitrogens with zero attached hydrogens (tertiary/aromatic N) is 2. The van der Waals surface area contributed by atoms with Crippen LogP contribution in [0.2, 0.25) is 0 Å². The van der Waals surface area contributed by atoms with Gasteiger partial charge in [-0.3, -0.25) is 10.1 Å². The number of fused-ring (bicyclic) bond motifs is 2. The molecule has 2 fully saturated rings. The molecule has 7 nitrogen and oxygen atoms in total. The Morgan fingerprint density at radius 3 is 2.95 bits per heavy atom. The first kappa shape index (κ1) is 10.7. The Kier molecular flexibility index (Phi) is 2.08. The van der Waals surface area contributed by atoms with Crippen LogP contribution < -0.4 is 10.6 Å². The zero-order chi connectivity index (χ0) is 13.0. The minimum absolute atomic E-state index is 0.0164. The van der Waals surface area contributed by atoms with Crippen LogP contribution in [-0.4, -0.2) is 29.0 Å². The monoisotopic (exact) mass is 260 g/mol. The third-order valence-electron chi connectivity index (χ3n) is 3.96. The minimum Gasteiger partial charge on any atom is -0.423 e. The van der Waals surface area contributed by atoms with Gasteiger partial charge < -0.3 is 15.1 Å². The van der Waals surface area contributed by atoms with E-state index in [1.165, 1.54) is 12.1 Å². The lowest BCUT2D eigenvalue weighted by molar-refractivity contribution is -0.384. The molecule has 4 rings (SSSR count). The largest absolute Gasteiger partial charge is 0.423 e. The highest BCUT2D eigenvalue weighted by atomic mass is 16.6. The lowest BCUT2D eigenvalue weighted by atomic mass is 10.3. The summed E-state index contributed by atoms with van der Waals surface area (Å²) in [5.74, 6) is 1.31. The SMILES string of the molecule is O=[N+]([O-])c1ccc2nc(NC3C4CNCC43)oc2c1. The number of aromatic nitrogens is 1. The second-order valence-corrected chi connectivity index (χ2v) is 5.08. The summed E-state index contributed by atoms with van der Waals surface area (Å²) in [6.07, 6.45) is 0. The topological polar surface area (TPSA) is 93.2 Å². The average molecular weight is 260 g/mol. The number of hydrogen-bond acceptors (Lipinski definition) is 6. The molecule has 1 saturated carbocycles. The number of nitro groups is 1. The number of nitro benzene ring substituents is 1. The molecule has 1 aromatic heterocycles. The van der Waals surface area contributed by atoms with E-state index in [4.69, 9.17) is 4.42 Å². The number of oxazole rings is 1. The lowest BCUT2D eigenvalue weighted by Crippen LogP contribution is -2.21. The van der Waals surface area contributed by atoms with E-state index in [0.717, 1.165) is 13.1 Å². The van der Waals surface area contributed by atoms with E-state index in [9.17, 15) is 10.1 Å². The maximum absolute atomic E-state index is 10.7. The lowest BCUT2D eigenvalue weighted by Gasteiger charge is -2.03. The second kappa shape index (κ2) is 3.67. The van der Waals surface area contributed by atoms with Gasteiger partial charge >= 0.3 is 0 Å². The van der Waals surface area contributed by atoms with E-state index in [0.29, 0.717) is 35.0 Å². The highest BCUT2D eigenvalue weighted by molar-refractivity contribution is 5.77. The van der Waals surface area contributed by atoms with Crippen molar-refractivity contribution in [2.45, 2.75) is 6.04 Å². The molecular formula is C12H12N4O3. The maximum atomic E-state index is 10.7. The first-order chi connectivity index (χ1) is 9.22. The van der Waals surface area contributed by atoms with Crippen molar-refractivity contribution in [3.05, 3.63) is 28.3 Å². The summed E-state index contributed by atoms with van der Waals surface area (Å²) in [5.41, 5.74) is 1.10. The van der Waals surface area contributed by atoms with Crippen LogP contribution in [0.15, 0.2) is 22.6 Å². The summed E-state index contributed by atoms with van der Waals surface area (Å²) in [5, 5.41) is 17.3. The molecule has 2 heterocycles. The molecule has 1 aliphatic heterocycles. The highest BCUT2D eigenvalue weighted by Crippen LogP contribution is 2.43. The van der Waals surface area contributed by atoms with E-state index in [1.54, 1.807) is 6.07 Å². The molecule has 1 aromatic carbocycles.